The number of nitro groups is 1. The average Bonchev–Trinajstić information content (AvgIpc) is 3.21. The van der Waals surface area contributed by atoms with E-state index in [4.69, 9.17) is 25.8 Å². The van der Waals surface area contributed by atoms with Crippen molar-refractivity contribution in [2.24, 2.45) is 0 Å². The number of rotatable bonds is 8. The molecule has 1 aromatic heterocycles. The highest BCUT2D eigenvalue weighted by atomic mass is 35.5. The standard InChI is InChI=1S/C25H23ClN2O5/c1-31-21-12-16(13-22(32-2)25(21)33-3)19(14-28(29)30)23-18-6-4-5-7-20(18)27-24(23)15-8-10-17(26)11-9-15/h4-13,19,27H,14H2,1-3H3/t19-/m0/s1. The van der Waals surface area contributed by atoms with Crippen molar-refractivity contribution >= 4 is 22.5 Å². The number of nitrogens with zero attached hydrogens (tertiary/aromatic N) is 1. The van der Waals surface area contributed by atoms with E-state index in [-0.39, 0.29) is 11.5 Å². The molecule has 1 heterocycles. The molecule has 0 saturated heterocycles. The smallest absolute Gasteiger partial charge is 0.214 e. The van der Waals surface area contributed by atoms with Gasteiger partial charge in [-0.1, -0.05) is 41.9 Å². The van der Waals surface area contributed by atoms with Crippen molar-refractivity contribution in [2.75, 3.05) is 27.9 Å². The fraction of sp³-hybridized carbons (Fsp3) is 0.200. The lowest BCUT2D eigenvalue weighted by atomic mass is 9.87. The number of benzene rings is 3. The minimum atomic E-state index is -0.587. The molecule has 7 nitrogen and oxygen atoms in total. The first kappa shape index (κ1) is 22.5. The van der Waals surface area contributed by atoms with E-state index in [1.165, 1.54) is 21.3 Å². The summed E-state index contributed by atoms with van der Waals surface area (Å²) in [6.45, 7) is -0.318. The highest BCUT2D eigenvalue weighted by Gasteiger charge is 2.29. The van der Waals surface area contributed by atoms with E-state index in [1.54, 1.807) is 24.3 Å². The molecular weight excluding hydrogens is 444 g/mol. The van der Waals surface area contributed by atoms with Crippen LogP contribution < -0.4 is 14.2 Å². The third-order valence-corrected chi connectivity index (χ3v) is 5.90. The number of aromatic amines is 1. The monoisotopic (exact) mass is 466 g/mol. The fourth-order valence-electron chi connectivity index (χ4n) is 4.18. The molecule has 0 saturated carbocycles. The number of fused-ring (bicyclic) bond motifs is 1. The van der Waals surface area contributed by atoms with Gasteiger partial charge in [0.15, 0.2) is 11.5 Å². The molecule has 0 spiro atoms. The number of hydrogen-bond acceptors (Lipinski definition) is 5. The van der Waals surface area contributed by atoms with Crippen LogP contribution in [0.25, 0.3) is 22.2 Å². The SMILES string of the molecule is COc1cc([C@H](C[N+](=O)[O-])c2c(-c3ccc(Cl)cc3)[nH]c3ccccc23)cc(OC)c1OC. The molecule has 1 atom stereocenters. The van der Waals surface area contributed by atoms with Gasteiger partial charge in [0, 0.05) is 20.8 Å². The summed E-state index contributed by atoms with van der Waals surface area (Å²) in [6, 6.07) is 18.7. The predicted octanol–water partition coefficient (Wildman–Crippen LogP) is 5.92. The van der Waals surface area contributed by atoms with Crippen molar-refractivity contribution in [2.45, 2.75) is 5.92 Å². The summed E-state index contributed by atoms with van der Waals surface area (Å²) in [5, 5.41) is 13.3. The quantitative estimate of drug-likeness (QED) is 0.257. The van der Waals surface area contributed by atoms with E-state index < -0.39 is 5.92 Å². The Kier molecular flexibility index (Phi) is 6.42. The molecule has 0 unspecified atom stereocenters. The van der Waals surface area contributed by atoms with E-state index in [2.05, 4.69) is 4.98 Å². The maximum absolute atomic E-state index is 11.8. The summed E-state index contributed by atoms with van der Waals surface area (Å²) in [6.07, 6.45) is 0. The Bertz CT molecular complexity index is 1280. The largest absolute Gasteiger partial charge is 0.493 e. The average molecular weight is 467 g/mol. The van der Waals surface area contributed by atoms with Crippen LogP contribution in [0.1, 0.15) is 17.0 Å². The molecule has 0 aliphatic carbocycles. The highest BCUT2D eigenvalue weighted by Crippen LogP contribution is 2.44. The zero-order valence-corrected chi connectivity index (χ0v) is 19.2. The van der Waals surface area contributed by atoms with Gasteiger partial charge in [0.2, 0.25) is 12.3 Å². The predicted molar refractivity (Wildman–Crippen MR) is 129 cm³/mol. The van der Waals surface area contributed by atoms with Crippen molar-refractivity contribution in [1.82, 2.24) is 4.98 Å². The maximum Gasteiger partial charge on any atom is 0.214 e. The Labute approximate surface area is 196 Å². The molecule has 4 rings (SSSR count). The normalized spacial score (nSPS) is 11.9. The van der Waals surface area contributed by atoms with Crippen LogP contribution in [0.5, 0.6) is 17.2 Å². The lowest BCUT2D eigenvalue weighted by Gasteiger charge is -2.19. The molecule has 8 heteroatoms. The van der Waals surface area contributed by atoms with Crippen LogP contribution in [0.15, 0.2) is 60.7 Å². The van der Waals surface area contributed by atoms with Crippen molar-refractivity contribution in [3.8, 4) is 28.5 Å². The van der Waals surface area contributed by atoms with Crippen LogP contribution >= 0.6 is 11.6 Å². The molecule has 1 N–H and O–H groups in total. The summed E-state index contributed by atoms with van der Waals surface area (Å²) in [4.78, 5) is 15.0. The van der Waals surface area contributed by atoms with Gasteiger partial charge in [-0.2, -0.15) is 0 Å². The van der Waals surface area contributed by atoms with E-state index in [0.29, 0.717) is 27.8 Å². The topological polar surface area (TPSA) is 86.6 Å². The van der Waals surface area contributed by atoms with Crippen molar-refractivity contribution in [1.29, 1.82) is 0 Å². The van der Waals surface area contributed by atoms with E-state index in [9.17, 15) is 10.1 Å². The van der Waals surface area contributed by atoms with E-state index >= 15 is 0 Å². The zero-order chi connectivity index (χ0) is 23.5. The van der Waals surface area contributed by atoms with Crippen molar-refractivity contribution in [3.05, 3.63) is 86.9 Å². The number of nitrogens with one attached hydrogen (secondary N) is 1. The Morgan fingerprint density at radius 1 is 0.970 bits per heavy atom. The van der Waals surface area contributed by atoms with Crippen molar-refractivity contribution in [3.63, 3.8) is 0 Å². The number of aromatic nitrogens is 1. The van der Waals surface area contributed by atoms with Gasteiger partial charge in [-0.3, -0.25) is 10.1 Å². The fourth-order valence-corrected chi connectivity index (χ4v) is 4.31. The minimum Gasteiger partial charge on any atom is -0.493 e. The molecule has 0 bridgehead atoms. The van der Waals surface area contributed by atoms with Gasteiger partial charge in [-0.15, -0.1) is 0 Å². The molecule has 0 amide bonds. The number of H-pyrrole nitrogens is 1. The first-order valence-corrected chi connectivity index (χ1v) is 10.6. The molecule has 0 aliphatic heterocycles. The van der Waals surface area contributed by atoms with Crippen LogP contribution in [0.4, 0.5) is 0 Å². The third-order valence-electron chi connectivity index (χ3n) is 5.65. The van der Waals surface area contributed by atoms with Gasteiger partial charge in [0.25, 0.3) is 0 Å². The first-order valence-electron chi connectivity index (χ1n) is 10.2. The maximum atomic E-state index is 11.8. The molecule has 33 heavy (non-hydrogen) atoms. The second kappa shape index (κ2) is 9.42. The number of halogens is 1. The van der Waals surface area contributed by atoms with Gasteiger partial charge in [-0.05, 0) is 47.0 Å². The molecule has 0 fully saturated rings. The van der Waals surface area contributed by atoms with Crippen molar-refractivity contribution < 1.29 is 19.1 Å². The van der Waals surface area contributed by atoms with E-state index in [0.717, 1.165) is 27.7 Å². The Morgan fingerprint density at radius 3 is 2.18 bits per heavy atom. The molecule has 0 radical (unpaired) electrons. The van der Waals surface area contributed by atoms with Gasteiger partial charge >= 0.3 is 0 Å². The number of para-hydroxylation sites is 1. The molecule has 170 valence electrons. The van der Waals surface area contributed by atoms with Crippen LogP contribution in [-0.2, 0) is 0 Å². The number of ether oxygens (including phenoxy) is 3. The third kappa shape index (κ3) is 4.32. The summed E-state index contributed by atoms with van der Waals surface area (Å²) < 4.78 is 16.5. The first-order chi connectivity index (χ1) is 16.0. The second-order valence-corrected chi connectivity index (χ2v) is 7.93. The van der Waals surface area contributed by atoms with Gasteiger partial charge < -0.3 is 19.2 Å². The number of hydrogen-bond donors (Lipinski definition) is 1. The Hall–Kier alpha value is -3.71. The Morgan fingerprint density at radius 2 is 1.61 bits per heavy atom. The van der Waals surface area contributed by atoms with Crippen LogP contribution in [0, 0.1) is 10.1 Å². The molecule has 3 aromatic carbocycles. The molecule has 0 aliphatic rings. The van der Waals surface area contributed by atoms with Gasteiger partial charge in [0.05, 0.1) is 32.9 Å². The highest BCUT2D eigenvalue weighted by molar-refractivity contribution is 6.30. The van der Waals surface area contributed by atoms with E-state index in [1.807, 2.05) is 36.4 Å². The lowest BCUT2D eigenvalue weighted by Crippen LogP contribution is -2.15. The summed E-state index contributed by atoms with van der Waals surface area (Å²) in [5.74, 6) is 0.720. The summed E-state index contributed by atoms with van der Waals surface area (Å²) >= 11 is 6.10. The summed E-state index contributed by atoms with van der Waals surface area (Å²) in [7, 11) is 4.57. The molecule has 4 aromatic rings. The second-order valence-electron chi connectivity index (χ2n) is 7.49. The van der Waals surface area contributed by atoms with Crippen LogP contribution in [0.2, 0.25) is 5.02 Å². The van der Waals surface area contributed by atoms with Crippen LogP contribution in [-0.4, -0.2) is 37.8 Å². The number of methoxy groups -OCH3 is 3. The Balaban J connectivity index is 2.01. The summed E-state index contributed by atoms with van der Waals surface area (Å²) in [5.41, 5.74) is 4.07. The lowest BCUT2D eigenvalue weighted by molar-refractivity contribution is -0.481. The van der Waals surface area contributed by atoms with Gasteiger partial charge in [-0.25, -0.2) is 0 Å². The molecular formula is C25H23ClN2O5. The van der Waals surface area contributed by atoms with Crippen LogP contribution in [0.3, 0.4) is 0 Å². The minimum absolute atomic E-state index is 0.304. The van der Waals surface area contributed by atoms with Gasteiger partial charge in [0.1, 0.15) is 0 Å². The zero-order valence-electron chi connectivity index (χ0n) is 18.4.